The van der Waals surface area contributed by atoms with Gasteiger partial charge in [0.25, 0.3) is 5.91 Å². The number of hydrogen-bond acceptors (Lipinski definition) is 2. The summed E-state index contributed by atoms with van der Waals surface area (Å²) in [4.78, 5) is 10.8. The first-order valence-corrected chi connectivity index (χ1v) is 4.10. The molecule has 79 valence electrons. The molecule has 1 amide bonds. The van der Waals surface area contributed by atoms with Gasteiger partial charge in [-0.05, 0) is 11.8 Å². The van der Waals surface area contributed by atoms with Gasteiger partial charge >= 0.3 is 0 Å². The molecule has 0 aliphatic rings. The Kier molecular flexibility index (Phi) is 3.77. The van der Waals surface area contributed by atoms with Crippen molar-refractivity contribution in [3.8, 4) is 5.69 Å². The minimum absolute atomic E-state index is 0. The Morgan fingerprint density at radius 1 is 1.40 bits per heavy atom. The quantitative estimate of drug-likeness (QED) is 0.785. The third-order valence-corrected chi connectivity index (χ3v) is 1.78. The number of aromatic nitrogens is 2. The van der Waals surface area contributed by atoms with Crippen LogP contribution in [0.5, 0.6) is 0 Å². The first kappa shape index (κ1) is 11.6. The Morgan fingerprint density at radius 2 is 2.20 bits per heavy atom. The summed E-state index contributed by atoms with van der Waals surface area (Å²) in [7, 11) is 0. The number of nitrogens with zero attached hydrogens (tertiary/aromatic N) is 2. The van der Waals surface area contributed by atoms with E-state index < -0.39 is 5.91 Å². The van der Waals surface area contributed by atoms with Crippen LogP contribution in [0.25, 0.3) is 5.69 Å². The summed E-state index contributed by atoms with van der Waals surface area (Å²) in [5.74, 6) is -0.528. The zero-order chi connectivity index (χ0) is 9.97. The van der Waals surface area contributed by atoms with E-state index in [0.29, 0.717) is 0 Å². The molecule has 1 aromatic heterocycles. The van der Waals surface area contributed by atoms with Crippen LogP contribution in [0.3, 0.4) is 0 Å². The number of para-hydroxylation sites is 1. The summed E-state index contributed by atoms with van der Waals surface area (Å²) >= 11 is 0. The average Bonchev–Trinajstić information content (AvgIpc) is 2.68. The minimum atomic E-state index is -0.528. The Hall–Kier alpha value is -1.45. The second kappa shape index (κ2) is 4.86. The van der Waals surface area contributed by atoms with E-state index in [1.807, 2.05) is 18.2 Å². The summed E-state index contributed by atoms with van der Waals surface area (Å²) in [6, 6.07) is 11.9. The van der Waals surface area contributed by atoms with Crippen LogP contribution < -0.4 is 5.73 Å². The number of benzene rings is 1. The van der Waals surface area contributed by atoms with Gasteiger partial charge in [-0.15, -0.1) is 6.07 Å². The number of carbonyl (C=O) groups excluding carboxylic acids is 1. The van der Waals surface area contributed by atoms with Gasteiger partial charge in [0.15, 0.2) is 0 Å². The SMILES string of the molecule is NC(=O)c1ccn(-c2[c-]cccc2)n1.[Ir]. The van der Waals surface area contributed by atoms with Crippen LogP contribution in [0.4, 0.5) is 0 Å². The van der Waals surface area contributed by atoms with Gasteiger partial charge in [0.2, 0.25) is 0 Å². The van der Waals surface area contributed by atoms with Crippen molar-refractivity contribution in [2.45, 2.75) is 0 Å². The van der Waals surface area contributed by atoms with Crippen molar-refractivity contribution in [2.24, 2.45) is 5.73 Å². The Balaban J connectivity index is 0.00000112. The van der Waals surface area contributed by atoms with Crippen LogP contribution in [-0.2, 0) is 20.1 Å². The van der Waals surface area contributed by atoms with Gasteiger partial charge in [-0.25, -0.2) is 0 Å². The second-order valence-electron chi connectivity index (χ2n) is 2.76. The zero-order valence-electron chi connectivity index (χ0n) is 7.68. The van der Waals surface area contributed by atoms with Gasteiger partial charge in [0.1, 0.15) is 5.69 Å². The summed E-state index contributed by atoms with van der Waals surface area (Å²) in [6.45, 7) is 0. The average molecular weight is 378 g/mol. The molecule has 15 heavy (non-hydrogen) atoms. The van der Waals surface area contributed by atoms with Gasteiger partial charge < -0.3 is 5.73 Å². The first-order chi connectivity index (χ1) is 6.77. The number of primary amides is 1. The van der Waals surface area contributed by atoms with Crippen LogP contribution in [0.15, 0.2) is 36.5 Å². The standard InChI is InChI=1S/C10H8N3O.Ir/c11-10(14)9-6-7-13(12-9)8-4-2-1-3-5-8;/h1-4,6-7H,(H2,11,14);/q-1;. The van der Waals surface area contributed by atoms with E-state index in [9.17, 15) is 4.79 Å². The van der Waals surface area contributed by atoms with E-state index in [1.54, 1.807) is 23.0 Å². The van der Waals surface area contributed by atoms with Crippen molar-refractivity contribution >= 4 is 5.91 Å². The Labute approximate surface area is 100 Å². The number of amides is 1. The van der Waals surface area contributed by atoms with Crippen LogP contribution in [-0.4, -0.2) is 15.7 Å². The molecule has 4 nitrogen and oxygen atoms in total. The van der Waals surface area contributed by atoms with E-state index in [2.05, 4.69) is 11.2 Å². The monoisotopic (exact) mass is 379 g/mol. The van der Waals surface area contributed by atoms with Crippen LogP contribution in [0.1, 0.15) is 10.5 Å². The van der Waals surface area contributed by atoms with E-state index in [-0.39, 0.29) is 25.8 Å². The largest absolute Gasteiger partial charge is 0.364 e. The molecule has 2 N–H and O–H groups in total. The normalized spacial score (nSPS) is 9.33. The molecule has 1 heterocycles. The maximum Gasteiger partial charge on any atom is 0.269 e. The predicted molar refractivity (Wildman–Crippen MR) is 50.9 cm³/mol. The fourth-order valence-corrected chi connectivity index (χ4v) is 1.12. The maximum absolute atomic E-state index is 10.8. The molecule has 0 atom stereocenters. The smallest absolute Gasteiger partial charge is 0.269 e. The third-order valence-electron chi connectivity index (χ3n) is 1.78. The molecule has 1 aromatic carbocycles. The molecule has 0 spiro atoms. The van der Waals surface area contributed by atoms with E-state index in [0.717, 1.165) is 5.69 Å². The second-order valence-corrected chi connectivity index (χ2v) is 2.76. The summed E-state index contributed by atoms with van der Waals surface area (Å²) in [5, 5.41) is 3.99. The molecule has 2 rings (SSSR count). The Morgan fingerprint density at radius 3 is 2.73 bits per heavy atom. The van der Waals surface area contributed by atoms with Crippen LogP contribution >= 0.6 is 0 Å². The molecule has 5 heteroatoms. The molecule has 0 aliphatic heterocycles. The molecule has 2 aromatic rings. The van der Waals surface area contributed by atoms with Gasteiger partial charge in [-0.1, -0.05) is 0 Å². The fourth-order valence-electron chi connectivity index (χ4n) is 1.12. The number of hydrogen-bond donors (Lipinski definition) is 1. The van der Waals surface area contributed by atoms with Crippen molar-refractivity contribution in [2.75, 3.05) is 0 Å². The van der Waals surface area contributed by atoms with Crippen molar-refractivity contribution in [1.29, 1.82) is 0 Å². The van der Waals surface area contributed by atoms with Crippen LogP contribution in [0, 0.1) is 6.07 Å². The molecule has 0 saturated carbocycles. The summed E-state index contributed by atoms with van der Waals surface area (Å²) in [5.41, 5.74) is 6.11. The molecular formula is C10H8IrN3O-. The third kappa shape index (κ3) is 2.52. The molecule has 0 aliphatic carbocycles. The summed E-state index contributed by atoms with van der Waals surface area (Å²) in [6.07, 6.45) is 1.67. The van der Waals surface area contributed by atoms with Gasteiger partial charge in [-0.2, -0.15) is 29.4 Å². The molecule has 0 fully saturated rings. The Bertz CT molecular complexity index is 453. The summed E-state index contributed by atoms with van der Waals surface area (Å²) < 4.78 is 1.56. The molecule has 1 radical (unpaired) electrons. The van der Waals surface area contributed by atoms with Crippen molar-refractivity contribution in [3.63, 3.8) is 0 Å². The predicted octanol–water partition coefficient (Wildman–Crippen LogP) is 0.769. The number of rotatable bonds is 2. The van der Waals surface area contributed by atoms with E-state index >= 15 is 0 Å². The number of nitrogens with two attached hydrogens (primary N) is 1. The molecule has 0 unspecified atom stereocenters. The number of carbonyl (C=O) groups is 1. The maximum atomic E-state index is 10.8. The fraction of sp³-hybridized carbons (Fsp3) is 0. The minimum Gasteiger partial charge on any atom is -0.364 e. The van der Waals surface area contributed by atoms with Gasteiger partial charge in [-0.3, -0.25) is 9.48 Å². The van der Waals surface area contributed by atoms with Crippen molar-refractivity contribution in [1.82, 2.24) is 9.78 Å². The van der Waals surface area contributed by atoms with Crippen molar-refractivity contribution in [3.05, 3.63) is 48.3 Å². The zero-order valence-corrected chi connectivity index (χ0v) is 10.1. The van der Waals surface area contributed by atoms with E-state index in [1.165, 1.54) is 0 Å². The van der Waals surface area contributed by atoms with E-state index in [4.69, 9.17) is 5.73 Å². The topological polar surface area (TPSA) is 60.9 Å². The van der Waals surface area contributed by atoms with Gasteiger partial charge in [0, 0.05) is 26.3 Å². The molecule has 0 saturated heterocycles. The molecule has 0 bridgehead atoms. The van der Waals surface area contributed by atoms with Crippen molar-refractivity contribution < 1.29 is 24.9 Å². The molecular weight excluding hydrogens is 370 g/mol. The van der Waals surface area contributed by atoms with Crippen LogP contribution in [0.2, 0.25) is 0 Å². The van der Waals surface area contributed by atoms with Gasteiger partial charge in [0.05, 0.1) is 0 Å². The first-order valence-electron chi connectivity index (χ1n) is 4.10.